The number of anilines is 1. The number of aryl methyl sites for hydroxylation is 1. The first kappa shape index (κ1) is 15.4. The first-order valence-electron chi connectivity index (χ1n) is 6.92. The number of carboxylic acids is 1. The number of aliphatic carboxylic acids is 1. The van der Waals surface area contributed by atoms with Gasteiger partial charge < -0.3 is 10.4 Å². The van der Waals surface area contributed by atoms with Gasteiger partial charge in [0.15, 0.2) is 0 Å². The predicted octanol–water partition coefficient (Wildman–Crippen LogP) is 1.87. The average molecular weight is 294 g/mol. The normalized spacial score (nSPS) is 20.2. The van der Waals surface area contributed by atoms with Gasteiger partial charge in [0.2, 0.25) is 5.91 Å². The summed E-state index contributed by atoms with van der Waals surface area (Å²) in [4.78, 5) is 24.9. The maximum absolute atomic E-state index is 13.7. The first-order chi connectivity index (χ1) is 9.88. The summed E-state index contributed by atoms with van der Waals surface area (Å²) in [5, 5.41) is 11.5. The molecule has 5 nitrogen and oxygen atoms in total. The van der Waals surface area contributed by atoms with Crippen LogP contribution in [0, 0.1) is 18.7 Å². The van der Waals surface area contributed by atoms with Gasteiger partial charge in [0.25, 0.3) is 0 Å². The molecule has 1 aliphatic heterocycles. The zero-order chi connectivity index (χ0) is 15.6. The monoisotopic (exact) mass is 294 g/mol. The Kier molecular flexibility index (Phi) is 4.57. The van der Waals surface area contributed by atoms with Gasteiger partial charge in [0, 0.05) is 6.54 Å². The van der Waals surface area contributed by atoms with Crippen LogP contribution in [-0.2, 0) is 9.59 Å². The second kappa shape index (κ2) is 6.22. The van der Waals surface area contributed by atoms with Crippen LogP contribution in [0.2, 0.25) is 0 Å². The van der Waals surface area contributed by atoms with Gasteiger partial charge in [0.05, 0.1) is 17.6 Å². The van der Waals surface area contributed by atoms with Crippen molar-refractivity contribution < 1.29 is 19.1 Å². The molecular formula is C15H19FN2O3. The third-order valence-electron chi connectivity index (χ3n) is 3.88. The fourth-order valence-electron chi connectivity index (χ4n) is 2.47. The Balaban J connectivity index is 1.98. The Bertz CT molecular complexity index is 562. The standard InChI is InChI=1S/C15H19FN2O3/c1-9-3-4-13(12(16)7-9)17-14(19)10(2)18-6-5-11(8-18)15(20)21/h3-4,7,10-11H,5-6,8H2,1-2H3,(H,17,19)(H,20,21). The molecule has 0 aliphatic carbocycles. The molecule has 0 bridgehead atoms. The molecule has 1 aliphatic rings. The third kappa shape index (κ3) is 3.58. The van der Waals surface area contributed by atoms with Crippen LogP contribution in [0.5, 0.6) is 0 Å². The molecule has 0 aromatic heterocycles. The van der Waals surface area contributed by atoms with E-state index >= 15 is 0 Å². The first-order valence-corrected chi connectivity index (χ1v) is 6.92. The number of rotatable bonds is 4. The lowest BCUT2D eigenvalue weighted by Crippen LogP contribution is -2.41. The van der Waals surface area contributed by atoms with E-state index in [1.165, 1.54) is 12.1 Å². The van der Waals surface area contributed by atoms with Crippen molar-refractivity contribution in [1.29, 1.82) is 0 Å². The minimum absolute atomic E-state index is 0.145. The highest BCUT2D eigenvalue weighted by molar-refractivity contribution is 5.94. The summed E-state index contributed by atoms with van der Waals surface area (Å²) in [6.45, 7) is 4.38. The van der Waals surface area contributed by atoms with Crippen molar-refractivity contribution in [2.75, 3.05) is 18.4 Å². The maximum Gasteiger partial charge on any atom is 0.307 e. The lowest BCUT2D eigenvalue weighted by molar-refractivity contribution is -0.141. The van der Waals surface area contributed by atoms with E-state index in [1.54, 1.807) is 24.8 Å². The smallest absolute Gasteiger partial charge is 0.307 e. The Morgan fingerprint density at radius 2 is 2.19 bits per heavy atom. The number of carboxylic acid groups (broad SMARTS) is 1. The predicted molar refractivity (Wildman–Crippen MR) is 76.5 cm³/mol. The SMILES string of the molecule is Cc1ccc(NC(=O)C(C)N2CCC(C(=O)O)C2)c(F)c1. The molecule has 1 aromatic rings. The zero-order valence-electron chi connectivity index (χ0n) is 12.1. The number of hydrogen-bond donors (Lipinski definition) is 2. The molecule has 2 atom stereocenters. The highest BCUT2D eigenvalue weighted by Gasteiger charge is 2.33. The average Bonchev–Trinajstić information content (AvgIpc) is 2.90. The topological polar surface area (TPSA) is 69.6 Å². The molecule has 1 fully saturated rings. The molecule has 0 saturated carbocycles. The molecule has 1 aromatic carbocycles. The van der Waals surface area contributed by atoms with Crippen LogP contribution in [0.4, 0.5) is 10.1 Å². The molecule has 6 heteroatoms. The van der Waals surface area contributed by atoms with Gasteiger partial charge in [-0.1, -0.05) is 6.07 Å². The van der Waals surface area contributed by atoms with Crippen molar-refractivity contribution in [2.24, 2.45) is 5.92 Å². The summed E-state index contributed by atoms with van der Waals surface area (Å²) in [6, 6.07) is 4.12. The Morgan fingerprint density at radius 1 is 1.48 bits per heavy atom. The number of carbonyl (C=O) groups is 2. The fraction of sp³-hybridized carbons (Fsp3) is 0.467. The Morgan fingerprint density at radius 3 is 2.76 bits per heavy atom. The number of carbonyl (C=O) groups excluding carboxylic acids is 1. The lowest BCUT2D eigenvalue weighted by Gasteiger charge is -2.23. The van der Waals surface area contributed by atoms with Crippen LogP contribution in [0.1, 0.15) is 18.9 Å². The van der Waals surface area contributed by atoms with Crippen LogP contribution >= 0.6 is 0 Å². The summed E-state index contributed by atoms with van der Waals surface area (Å²) in [7, 11) is 0. The van der Waals surface area contributed by atoms with E-state index in [-0.39, 0.29) is 11.6 Å². The van der Waals surface area contributed by atoms with E-state index in [2.05, 4.69) is 5.32 Å². The zero-order valence-corrected chi connectivity index (χ0v) is 12.1. The highest BCUT2D eigenvalue weighted by atomic mass is 19.1. The summed E-state index contributed by atoms with van der Waals surface area (Å²) in [6.07, 6.45) is 0.534. The van der Waals surface area contributed by atoms with Crippen molar-refractivity contribution in [3.8, 4) is 0 Å². The Hall–Kier alpha value is -1.95. The molecule has 1 saturated heterocycles. The minimum Gasteiger partial charge on any atom is -0.481 e. The van der Waals surface area contributed by atoms with E-state index in [1.807, 2.05) is 0 Å². The maximum atomic E-state index is 13.7. The second-order valence-corrected chi connectivity index (χ2v) is 5.47. The molecular weight excluding hydrogens is 275 g/mol. The van der Waals surface area contributed by atoms with Gasteiger partial charge in [-0.3, -0.25) is 14.5 Å². The quantitative estimate of drug-likeness (QED) is 0.889. The highest BCUT2D eigenvalue weighted by Crippen LogP contribution is 2.20. The molecule has 2 unspecified atom stereocenters. The molecule has 0 spiro atoms. The minimum atomic E-state index is -0.838. The van der Waals surface area contributed by atoms with E-state index < -0.39 is 23.7 Å². The summed E-state index contributed by atoms with van der Waals surface area (Å²) >= 11 is 0. The number of nitrogens with zero attached hydrogens (tertiary/aromatic N) is 1. The van der Waals surface area contributed by atoms with Crippen LogP contribution in [0.3, 0.4) is 0 Å². The Labute approximate surface area is 122 Å². The molecule has 1 heterocycles. The van der Waals surface area contributed by atoms with Crippen molar-refractivity contribution in [3.05, 3.63) is 29.6 Å². The number of amides is 1. The number of hydrogen-bond acceptors (Lipinski definition) is 3. The van der Waals surface area contributed by atoms with E-state index in [4.69, 9.17) is 5.11 Å². The number of likely N-dealkylation sites (tertiary alicyclic amines) is 1. The number of halogens is 1. The van der Waals surface area contributed by atoms with Gasteiger partial charge in [-0.05, 0) is 44.5 Å². The molecule has 114 valence electrons. The van der Waals surface area contributed by atoms with Gasteiger partial charge in [-0.2, -0.15) is 0 Å². The van der Waals surface area contributed by atoms with Gasteiger partial charge >= 0.3 is 5.97 Å². The van der Waals surface area contributed by atoms with Crippen LogP contribution in [0.25, 0.3) is 0 Å². The molecule has 21 heavy (non-hydrogen) atoms. The van der Waals surface area contributed by atoms with Crippen LogP contribution < -0.4 is 5.32 Å². The number of benzene rings is 1. The summed E-state index contributed by atoms with van der Waals surface area (Å²) in [5.74, 6) is -2.07. The van der Waals surface area contributed by atoms with Gasteiger partial charge in [-0.15, -0.1) is 0 Å². The molecule has 2 N–H and O–H groups in total. The van der Waals surface area contributed by atoms with Crippen molar-refractivity contribution >= 4 is 17.6 Å². The van der Waals surface area contributed by atoms with Crippen LogP contribution in [0.15, 0.2) is 18.2 Å². The largest absolute Gasteiger partial charge is 0.481 e. The molecule has 2 rings (SSSR count). The fourth-order valence-corrected chi connectivity index (χ4v) is 2.47. The van der Waals surface area contributed by atoms with Gasteiger partial charge in [-0.25, -0.2) is 4.39 Å². The molecule has 1 amide bonds. The van der Waals surface area contributed by atoms with Crippen molar-refractivity contribution in [3.63, 3.8) is 0 Å². The van der Waals surface area contributed by atoms with E-state index in [9.17, 15) is 14.0 Å². The van der Waals surface area contributed by atoms with Crippen LogP contribution in [-0.4, -0.2) is 41.0 Å². The van der Waals surface area contributed by atoms with E-state index in [0.29, 0.717) is 19.5 Å². The van der Waals surface area contributed by atoms with Gasteiger partial charge in [0.1, 0.15) is 5.82 Å². The summed E-state index contributed by atoms with van der Waals surface area (Å²) < 4.78 is 13.7. The van der Waals surface area contributed by atoms with E-state index in [0.717, 1.165) is 5.56 Å². The number of nitrogens with one attached hydrogen (secondary N) is 1. The second-order valence-electron chi connectivity index (χ2n) is 5.47. The third-order valence-corrected chi connectivity index (χ3v) is 3.88. The molecule has 0 radical (unpaired) electrons. The summed E-state index contributed by atoms with van der Waals surface area (Å²) in [5.41, 5.74) is 0.925. The lowest BCUT2D eigenvalue weighted by atomic mass is 10.1. The van der Waals surface area contributed by atoms with Crippen molar-refractivity contribution in [2.45, 2.75) is 26.3 Å². The van der Waals surface area contributed by atoms with Crippen molar-refractivity contribution in [1.82, 2.24) is 4.90 Å².